The summed E-state index contributed by atoms with van der Waals surface area (Å²) in [6.45, 7) is 3.12. The van der Waals surface area contributed by atoms with Crippen molar-refractivity contribution in [3.8, 4) is 5.75 Å². The quantitative estimate of drug-likeness (QED) is 0.770. The van der Waals surface area contributed by atoms with Gasteiger partial charge in [0.15, 0.2) is 11.6 Å². The van der Waals surface area contributed by atoms with Gasteiger partial charge in [-0.25, -0.2) is 4.39 Å². The van der Waals surface area contributed by atoms with Crippen LogP contribution in [-0.4, -0.2) is 22.9 Å². The van der Waals surface area contributed by atoms with Crippen LogP contribution in [0.15, 0.2) is 24.4 Å². The van der Waals surface area contributed by atoms with Crippen molar-refractivity contribution in [2.75, 3.05) is 24.2 Å². The van der Waals surface area contributed by atoms with Gasteiger partial charge < -0.3 is 15.8 Å². The average Bonchev–Trinajstić information content (AvgIpc) is 2.85. The molecule has 114 valence electrons. The number of benzene rings is 1. The largest absolute Gasteiger partial charge is 0.490 e. The van der Waals surface area contributed by atoms with E-state index in [1.165, 1.54) is 6.07 Å². The zero-order valence-electron chi connectivity index (χ0n) is 12.4. The lowest BCUT2D eigenvalue weighted by atomic mass is 10.2. The van der Waals surface area contributed by atoms with Gasteiger partial charge in [-0.3, -0.25) is 4.68 Å². The highest BCUT2D eigenvalue weighted by Crippen LogP contribution is 2.28. The van der Waals surface area contributed by atoms with Crippen LogP contribution in [0.3, 0.4) is 0 Å². The Kier molecular flexibility index (Phi) is 5.03. The molecular weight excluding hydrogens is 271 g/mol. The van der Waals surface area contributed by atoms with E-state index < -0.39 is 5.82 Å². The first-order valence-corrected chi connectivity index (χ1v) is 7.04. The predicted molar refractivity (Wildman–Crippen MR) is 82.0 cm³/mol. The number of nitrogen functional groups attached to an aromatic ring is 1. The van der Waals surface area contributed by atoms with Gasteiger partial charge in [-0.15, -0.1) is 0 Å². The van der Waals surface area contributed by atoms with Gasteiger partial charge in [0, 0.05) is 38.3 Å². The third-order valence-corrected chi connectivity index (χ3v) is 3.03. The number of halogens is 1. The summed E-state index contributed by atoms with van der Waals surface area (Å²) < 4.78 is 20.8. The summed E-state index contributed by atoms with van der Waals surface area (Å²) in [5.74, 6) is -0.206. The van der Waals surface area contributed by atoms with Gasteiger partial charge in [0.1, 0.15) is 0 Å². The Morgan fingerprint density at radius 1 is 1.43 bits per heavy atom. The first kappa shape index (κ1) is 15.2. The minimum Gasteiger partial charge on any atom is -0.490 e. The van der Waals surface area contributed by atoms with Crippen molar-refractivity contribution in [3.63, 3.8) is 0 Å². The van der Waals surface area contributed by atoms with Crippen molar-refractivity contribution in [1.29, 1.82) is 0 Å². The Morgan fingerprint density at radius 2 is 2.24 bits per heavy atom. The molecular formula is C15H21FN4O. The summed E-state index contributed by atoms with van der Waals surface area (Å²) in [4.78, 5) is 0. The number of hydrogen-bond donors (Lipinski definition) is 2. The van der Waals surface area contributed by atoms with Crippen LogP contribution < -0.4 is 15.8 Å². The Morgan fingerprint density at radius 3 is 2.90 bits per heavy atom. The van der Waals surface area contributed by atoms with Crippen molar-refractivity contribution in [3.05, 3.63) is 35.9 Å². The molecule has 1 heterocycles. The van der Waals surface area contributed by atoms with E-state index in [0.29, 0.717) is 24.5 Å². The molecule has 0 amide bonds. The Labute approximate surface area is 123 Å². The standard InChI is InChI=1S/C15H21FN4O/c1-3-8-21-15-10-14(13(17)9-12(15)16)18-6-4-11-5-7-20(2)19-11/h5,7,9-10,18H,3-4,6,8,17H2,1-2H3. The minimum atomic E-state index is -0.434. The summed E-state index contributed by atoms with van der Waals surface area (Å²) >= 11 is 0. The monoisotopic (exact) mass is 292 g/mol. The third-order valence-electron chi connectivity index (χ3n) is 3.03. The predicted octanol–water partition coefficient (Wildman–Crippen LogP) is 2.58. The van der Waals surface area contributed by atoms with E-state index in [-0.39, 0.29) is 5.75 Å². The molecule has 0 unspecified atom stereocenters. The normalized spacial score (nSPS) is 10.6. The topological polar surface area (TPSA) is 65.1 Å². The number of nitrogens with two attached hydrogens (primary N) is 1. The Bertz CT molecular complexity index is 597. The maximum atomic E-state index is 13.7. The highest BCUT2D eigenvalue weighted by molar-refractivity contribution is 5.68. The molecule has 0 aliphatic heterocycles. The van der Waals surface area contributed by atoms with Crippen LogP contribution in [0.25, 0.3) is 0 Å². The smallest absolute Gasteiger partial charge is 0.167 e. The van der Waals surface area contributed by atoms with Crippen LogP contribution in [0.1, 0.15) is 19.0 Å². The maximum Gasteiger partial charge on any atom is 0.167 e. The molecule has 0 saturated heterocycles. The molecule has 3 N–H and O–H groups in total. The molecule has 0 fully saturated rings. The fraction of sp³-hybridized carbons (Fsp3) is 0.400. The number of nitrogens with one attached hydrogen (secondary N) is 1. The van der Waals surface area contributed by atoms with Crippen molar-refractivity contribution in [2.24, 2.45) is 7.05 Å². The van der Waals surface area contributed by atoms with Crippen LogP contribution >= 0.6 is 0 Å². The van der Waals surface area contributed by atoms with E-state index in [1.807, 2.05) is 26.2 Å². The second kappa shape index (κ2) is 6.97. The molecule has 0 aliphatic rings. The molecule has 0 saturated carbocycles. The fourth-order valence-electron chi connectivity index (χ4n) is 1.97. The molecule has 1 aromatic carbocycles. The van der Waals surface area contributed by atoms with E-state index in [9.17, 15) is 4.39 Å². The molecule has 1 aromatic heterocycles. The summed E-state index contributed by atoms with van der Waals surface area (Å²) in [5, 5.41) is 7.49. The average molecular weight is 292 g/mol. The number of aromatic nitrogens is 2. The Hall–Kier alpha value is -2.24. The lowest BCUT2D eigenvalue weighted by molar-refractivity contribution is 0.301. The highest BCUT2D eigenvalue weighted by atomic mass is 19.1. The van der Waals surface area contributed by atoms with E-state index in [4.69, 9.17) is 10.5 Å². The van der Waals surface area contributed by atoms with Gasteiger partial charge in [-0.05, 0) is 12.5 Å². The summed E-state index contributed by atoms with van der Waals surface area (Å²) in [5.41, 5.74) is 7.87. The van der Waals surface area contributed by atoms with E-state index in [0.717, 1.165) is 18.5 Å². The third kappa shape index (κ3) is 4.11. The van der Waals surface area contributed by atoms with Gasteiger partial charge in [-0.1, -0.05) is 6.92 Å². The van der Waals surface area contributed by atoms with Gasteiger partial charge in [0.2, 0.25) is 0 Å². The molecule has 5 nitrogen and oxygen atoms in total. The molecule has 0 atom stereocenters. The zero-order chi connectivity index (χ0) is 15.2. The minimum absolute atomic E-state index is 0.228. The van der Waals surface area contributed by atoms with Crippen LogP contribution in [0.4, 0.5) is 15.8 Å². The summed E-state index contributed by atoms with van der Waals surface area (Å²) in [6.07, 6.45) is 3.49. The fourth-order valence-corrected chi connectivity index (χ4v) is 1.97. The molecule has 21 heavy (non-hydrogen) atoms. The van der Waals surface area contributed by atoms with Crippen molar-refractivity contribution in [2.45, 2.75) is 19.8 Å². The first-order chi connectivity index (χ1) is 10.1. The Balaban J connectivity index is 1.98. The number of rotatable bonds is 7. The lowest BCUT2D eigenvalue weighted by Gasteiger charge is -2.12. The molecule has 0 aliphatic carbocycles. The zero-order valence-corrected chi connectivity index (χ0v) is 12.4. The second-order valence-corrected chi connectivity index (χ2v) is 4.88. The van der Waals surface area contributed by atoms with Crippen molar-refractivity contribution < 1.29 is 9.13 Å². The van der Waals surface area contributed by atoms with Gasteiger partial charge in [-0.2, -0.15) is 5.10 Å². The molecule has 2 aromatic rings. The molecule has 0 radical (unpaired) electrons. The number of hydrogen-bond acceptors (Lipinski definition) is 4. The van der Waals surface area contributed by atoms with E-state index in [1.54, 1.807) is 10.7 Å². The van der Waals surface area contributed by atoms with Crippen molar-refractivity contribution >= 4 is 11.4 Å². The van der Waals surface area contributed by atoms with Gasteiger partial charge in [0.05, 0.1) is 23.7 Å². The van der Waals surface area contributed by atoms with Crippen LogP contribution in [0.5, 0.6) is 5.75 Å². The SMILES string of the molecule is CCCOc1cc(NCCc2ccn(C)n2)c(N)cc1F. The van der Waals surface area contributed by atoms with Crippen LogP contribution in [-0.2, 0) is 13.5 Å². The summed E-state index contributed by atoms with van der Waals surface area (Å²) in [6, 6.07) is 4.86. The van der Waals surface area contributed by atoms with E-state index >= 15 is 0 Å². The summed E-state index contributed by atoms with van der Waals surface area (Å²) in [7, 11) is 1.88. The van der Waals surface area contributed by atoms with Crippen LogP contribution in [0, 0.1) is 5.82 Å². The number of anilines is 2. The molecule has 2 rings (SSSR count). The molecule has 0 bridgehead atoms. The van der Waals surface area contributed by atoms with Crippen molar-refractivity contribution in [1.82, 2.24) is 9.78 Å². The molecule has 0 spiro atoms. The first-order valence-electron chi connectivity index (χ1n) is 7.04. The number of aryl methyl sites for hydroxylation is 1. The highest BCUT2D eigenvalue weighted by Gasteiger charge is 2.09. The number of nitrogens with zero attached hydrogens (tertiary/aromatic N) is 2. The lowest BCUT2D eigenvalue weighted by Crippen LogP contribution is -2.09. The van der Waals surface area contributed by atoms with Crippen LogP contribution in [0.2, 0.25) is 0 Å². The second-order valence-electron chi connectivity index (χ2n) is 4.88. The van der Waals surface area contributed by atoms with Gasteiger partial charge >= 0.3 is 0 Å². The molecule has 6 heteroatoms. The van der Waals surface area contributed by atoms with Gasteiger partial charge in [0.25, 0.3) is 0 Å². The van der Waals surface area contributed by atoms with E-state index in [2.05, 4.69) is 10.4 Å². The number of ether oxygens (including phenoxy) is 1. The maximum absolute atomic E-state index is 13.7.